The summed E-state index contributed by atoms with van der Waals surface area (Å²) in [6, 6.07) is 9.35. The van der Waals surface area contributed by atoms with Crippen LogP contribution in [-0.2, 0) is 0 Å². The van der Waals surface area contributed by atoms with E-state index in [4.69, 9.17) is 0 Å². The van der Waals surface area contributed by atoms with E-state index in [9.17, 15) is 18.4 Å². The average Bonchev–Trinajstić information content (AvgIpc) is 2.52. The quantitative estimate of drug-likeness (QED) is 0.696. The highest BCUT2D eigenvalue weighted by Crippen LogP contribution is 2.12. The number of rotatable bonds is 4. The average molecular weight is 301 g/mol. The van der Waals surface area contributed by atoms with E-state index < -0.39 is 17.4 Å². The van der Waals surface area contributed by atoms with Gasteiger partial charge in [0.25, 0.3) is 5.91 Å². The largest absolute Gasteiger partial charge is 0.355 e. The third-order valence-corrected chi connectivity index (χ3v) is 3.02. The van der Waals surface area contributed by atoms with Crippen LogP contribution in [0.1, 0.15) is 26.3 Å². The van der Waals surface area contributed by atoms with Crippen molar-refractivity contribution in [2.45, 2.75) is 0 Å². The third-order valence-electron chi connectivity index (χ3n) is 3.02. The molecule has 0 aliphatic carbocycles. The fourth-order valence-electron chi connectivity index (χ4n) is 1.84. The van der Waals surface area contributed by atoms with Crippen molar-refractivity contribution < 1.29 is 18.4 Å². The van der Waals surface area contributed by atoms with E-state index in [2.05, 4.69) is 5.32 Å². The Morgan fingerprint density at radius 3 is 2.32 bits per heavy atom. The predicted octanol–water partition coefficient (Wildman–Crippen LogP) is 3.22. The number of ketones is 1. The zero-order valence-electron chi connectivity index (χ0n) is 11.8. The second-order valence-electron chi connectivity index (χ2n) is 4.52. The Hall–Kier alpha value is -2.82. The first kappa shape index (κ1) is 15.6. The Labute approximate surface area is 126 Å². The molecule has 2 aromatic rings. The van der Waals surface area contributed by atoms with Crippen LogP contribution in [0.3, 0.4) is 0 Å². The topological polar surface area (TPSA) is 46.2 Å². The molecule has 5 heteroatoms. The van der Waals surface area contributed by atoms with Gasteiger partial charge < -0.3 is 5.32 Å². The number of carbonyl (C=O) groups is 2. The first-order valence-corrected chi connectivity index (χ1v) is 6.51. The summed E-state index contributed by atoms with van der Waals surface area (Å²) in [5.41, 5.74) is 0.985. The van der Waals surface area contributed by atoms with Gasteiger partial charge in [-0.1, -0.05) is 18.2 Å². The molecule has 0 saturated carbocycles. The maximum atomic E-state index is 13.5. The highest BCUT2D eigenvalue weighted by atomic mass is 19.1. The summed E-state index contributed by atoms with van der Waals surface area (Å²) in [5.74, 6) is -2.40. The van der Waals surface area contributed by atoms with Crippen LogP contribution in [-0.4, -0.2) is 18.7 Å². The molecule has 112 valence electrons. The lowest BCUT2D eigenvalue weighted by Crippen LogP contribution is -2.17. The molecule has 0 aliphatic rings. The van der Waals surface area contributed by atoms with Gasteiger partial charge in [-0.15, -0.1) is 0 Å². The molecule has 0 heterocycles. The van der Waals surface area contributed by atoms with Crippen LogP contribution in [0.25, 0.3) is 6.08 Å². The molecular formula is C17H13F2NO2. The summed E-state index contributed by atoms with van der Waals surface area (Å²) < 4.78 is 26.3. The van der Waals surface area contributed by atoms with Crippen LogP contribution < -0.4 is 5.32 Å². The molecule has 0 bridgehead atoms. The summed E-state index contributed by atoms with van der Waals surface area (Å²) in [4.78, 5) is 23.2. The van der Waals surface area contributed by atoms with Gasteiger partial charge in [-0.2, -0.15) is 0 Å². The van der Waals surface area contributed by atoms with E-state index in [1.165, 1.54) is 19.2 Å². The van der Waals surface area contributed by atoms with E-state index in [0.717, 1.165) is 12.1 Å². The lowest BCUT2D eigenvalue weighted by molar-refractivity contribution is 0.0962. The minimum Gasteiger partial charge on any atom is -0.355 e. The molecule has 0 radical (unpaired) electrons. The van der Waals surface area contributed by atoms with Crippen molar-refractivity contribution >= 4 is 17.8 Å². The summed E-state index contributed by atoms with van der Waals surface area (Å²) in [6.07, 6.45) is 2.70. The standard InChI is InChI=1S/C17H13F2NO2/c1-20-17(22)12-5-2-11(3-6-12)4-9-16(21)14-8-7-13(18)10-15(14)19/h2-10H,1H3,(H,20,22)/b9-4+. The summed E-state index contributed by atoms with van der Waals surface area (Å²) in [7, 11) is 1.53. The van der Waals surface area contributed by atoms with Gasteiger partial charge in [-0.3, -0.25) is 9.59 Å². The minimum absolute atomic E-state index is 0.195. The molecule has 1 N–H and O–H groups in total. The second-order valence-corrected chi connectivity index (χ2v) is 4.52. The minimum atomic E-state index is -0.899. The number of nitrogens with one attached hydrogen (secondary N) is 1. The Morgan fingerprint density at radius 1 is 1.05 bits per heavy atom. The predicted molar refractivity (Wildman–Crippen MR) is 79.6 cm³/mol. The van der Waals surface area contributed by atoms with E-state index in [1.54, 1.807) is 24.3 Å². The number of benzene rings is 2. The summed E-state index contributed by atoms with van der Waals surface area (Å²) >= 11 is 0. The number of hydrogen-bond donors (Lipinski definition) is 1. The molecule has 0 spiro atoms. The van der Waals surface area contributed by atoms with Crippen molar-refractivity contribution in [3.8, 4) is 0 Å². The Kier molecular flexibility index (Phi) is 4.78. The Morgan fingerprint density at radius 2 is 1.73 bits per heavy atom. The molecule has 0 aromatic heterocycles. The Bertz CT molecular complexity index is 737. The van der Waals surface area contributed by atoms with Crippen LogP contribution >= 0.6 is 0 Å². The lowest BCUT2D eigenvalue weighted by Gasteiger charge is -2.00. The molecule has 0 aliphatic heterocycles. The van der Waals surface area contributed by atoms with Crippen LogP contribution in [0.15, 0.2) is 48.5 Å². The molecule has 0 unspecified atom stereocenters. The first-order chi connectivity index (χ1) is 10.5. The number of halogens is 2. The monoisotopic (exact) mass is 301 g/mol. The number of amides is 1. The van der Waals surface area contributed by atoms with E-state index in [0.29, 0.717) is 17.2 Å². The van der Waals surface area contributed by atoms with Gasteiger partial charge in [-0.05, 0) is 35.9 Å². The highest BCUT2D eigenvalue weighted by molar-refractivity contribution is 6.07. The zero-order valence-corrected chi connectivity index (χ0v) is 11.8. The molecule has 3 nitrogen and oxygen atoms in total. The van der Waals surface area contributed by atoms with Gasteiger partial charge in [0.05, 0.1) is 5.56 Å². The molecule has 0 fully saturated rings. The van der Waals surface area contributed by atoms with Gasteiger partial charge >= 0.3 is 0 Å². The number of allylic oxidation sites excluding steroid dienone is 1. The maximum Gasteiger partial charge on any atom is 0.251 e. The van der Waals surface area contributed by atoms with Gasteiger partial charge in [0.1, 0.15) is 11.6 Å². The molecule has 22 heavy (non-hydrogen) atoms. The van der Waals surface area contributed by atoms with E-state index >= 15 is 0 Å². The van der Waals surface area contributed by atoms with Crippen molar-refractivity contribution in [3.63, 3.8) is 0 Å². The van der Waals surface area contributed by atoms with Gasteiger partial charge in [0.2, 0.25) is 0 Å². The molecule has 1 amide bonds. The first-order valence-electron chi connectivity index (χ1n) is 6.51. The van der Waals surface area contributed by atoms with E-state index in [-0.39, 0.29) is 11.5 Å². The Balaban J connectivity index is 2.14. The van der Waals surface area contributed by atoms with Crippen molar-refractivity contribution in [2.24, 2.45) is 0 Å². The zero-order chi connectivity index (χ0) is 16.1. The SMILES string of the molecule is CNC(=O)c1ccc(/C=C/C(=O)c2ccc(F)cc2F)cc1. The van der Waals surface area contributed by atoms with Crippen LogP contribution in [0.2, 0.25) is 0 Å². The van der Waals surface area contributed by atoms with Crippen molar-refractivity contribution in [1.82, 2.24) is 5.32 Å². The number of carbonyl (C=O) groups excluding carboxylic acids is 2. The van der Waals surface area contributed by atoms with Crippen molar-refractivity contribution in [1.29, 1.82) is 0 Å². The van der Waals surface area contributed by atoms with Crippen molar-refractivity contribution in [2.75, 3.05) is 7.05 Å². The van der Waals surface area contributed by atoms with Gasteiger partial charge in [0, 0.05) is 18.7 Å². The van der Waals surface area contributed by atoms with Crippen LogP contribution in [0, 0.1) is 11.6 Å². The smallest absolute Gasteiger partial charge is 0.251 e. The van der Waals surface area contributed by atoms with Gasteiger partial charge in [-0.25, -0.2) is 8.78 Å². The normalized spacial score (nSPS) is 10.7. The lowest BCUT2D eigenvalue weighted by atomic mass is 10.1. The second kappa shape index (κ2) is 6.76. The van der Waals surface area contributed by atoms with Crippen LogP contribution in [0.5, 0.6) is 0 Å². The van der Waals surface area contributed by atoms with Gasteiger partial charge in [0.15, 0.2) is 5.78 Å². The summed E-state index contributed by atoms with van der Waals surface area (Å²) in [6.45, 7) is 0. The summed E-state index contributed by atoms with van der Waals surface area (Å²) in [5, 5.41) is 2.50. The molecule has 2 aromatic carbocycles. The van der Waals surface area contributed by atoms with Crippen LogP contribution in [0.4, 0.5) is 8.78 Å². The fraction of sp³-hybridized carbons (Fsp3) is 0.0588. The number of hydrogen-bond acceptors (Lipinski definition) is 2. The van der Waals surface area contributed by atoms with Crippen molar-refractivity contribution in [3.05, 3.63) is 76.9 Å². The molecule has 0 saturated heterocycles. The highest BCUT2D eigenvalue weighted by Gasteiger charge is 2.09. The molecule has 0 atom stereocenters. The molecular weight excluding hydrogens is 288 g/mol. The third kappa shape index (κ3) is 3.63. The molecule has 2 rings (SSSR count). The fourth-order valence-corrected chi connectivity index (χ4v) is 1.84. The maximum absolute atomic E-state index is 13.5. The van der Waals surface area contributed by atoms with E-state index in [1.807, 2.05) is 0 Å².